The average Bonchev–Trinajstić information content (AvgIpc) is 2.28. The van der Waals surface area contributed by atoms with Crippen molar-refractivity contribution >= 4 is 11.8 Å². The van der Waals surface area contributed by atoms with Crippen LogP contribution in [0.25, 0.3) is 0 Å². The molecule has 0 bridgehead atoms. The van der Waals surface area contributed by atoms with Crippen molar-refractivity contribution in [1.82, 2.24) is 20.4 Å². The molecule has 98 valence electrons. The number of carbonyl (C=O) groups excluding carboxylic acids is 2. The van der Waals surface area contributed by atoms with Gasteiger partial charge in [-0.3, -0.25) is 9.59 Å². The Balaban J connectivity index is 2.54. The third-order valence-corrected chi connectivity index (χ3v) is 2.90. The lowest BCUT2D eigenvalue weighted by Crippen LogP contribution is -2.56. The van der Waals surface area contributed by atoms with Gasteiger partial charge in [0.1, 0.15) is 6.04 Å². The summed E-state index contributed by atoms with van der Waals surface area (Å²) < 4.78 is 0. The Morgan fingerprint density at radius 3 is 2.29 bits per heavy atom. The summed E-state index contributed by atoms with van der Waals surface area (Å²) in [4.78, 5) is 27.2. The van der Waals surface area contributed by atoms with E-state index in [2.05, 4.69) is 15.5 Å². The molecule has 1 rings (SSSR count). The van der Waals surface area contributed by atoms with Gasteiger partial charge in [-0.05, 0) is 14.1 Å². The number of rotatable bonds is 4. The summed E-state index contributed by atoms with van der Waals surface area (Å²) in [7, 11) is 3.81. The maximum atomic E-state index is 12.2. The van der Waals surface area contributed by atoms with Crippen molar-refractivity contribution in [3.05, 3.63) is 0 Å². The highest BCUT2D eigenvalue weighted by atomic mass is 16.2. The quantitative estimate of drug-likeness (QED) is 0.629. The molecule has 0 spiro atoms. The van der Waals surface area contributed by atoms with E-state index in [0.29, 0.717) is 6.54 Å². The maximum Gasteiger partial charge on any atom is 0.246 e. The van der Waals surface area contributed by atoms with E-state index < -0.39 is 6.04 Å². The van der Waals surface area contributed by atoms with E-state index >= 15 is 0 Å². The third-order valence-electron chi connectivity index (χ3n) is 2.90. The lowest BCUT2D eigenvalue weighted by molar-refractivity contribution is -0.137. The smallest absolute Gasteiger partial charge is 0.246 e. The summed E-state index contributed by atoms with van der Waals surface area (Å²) in [5.41, 5.74) is 0. The van der Waals surface area contributed by atoms with E-state index in [1.165, 1.54) is 6.92 Å². The van der Waals surface area contributed by atoms with Gasteiger partial charge in [0.25, 0.3) is 0 Å². The molecule has 1 saturated heterocycles. The molecule has 1 unspecified atom stereocenters. The highest BCUT2D eigenvalue weighted by molar-refractivity contribution is 5.87. The lowest BCUT2D eigenvalue weighted by Gasteiger charge is -2.34. The second-order valence-corrected chi connectivity index (χ2v) is 4.44. The van der Waals surface area contributed by atoms with Gasteiger partial charge in [0.05, 0.1) is 0 Å². The first-order chi connectivity index (χ1) is 8.04. The molecular weight excluding hydrogens is 220 g/mol. The summed E-state index contributed by atoms with van der Waals surface area (Å²) in [6, 6.07) is -0.457. The molecule has 1 aliphatic rings. The molecule has 1 aliphatic heterocycles. The molecule has 1 atom stereocenters. The van der Waals surface area contributed by atoms with Gasteiger partial charge in [-0.2, -0.15) is 0 Å². The molecule has 2 N–H and O–H groups in total. The van der Waals surface area contributed by atoms with Crippen LogP contribution in [0.1, 0.15) is 6.92 Å². The summed E-state index contributed by atoms with van der Waals surface area (Å²) in [6.07, 6.45) is 0. The summed E-state index contributed by atoms with van der Waals surface area (Å²) in [6.45, 7) is 5.13. The number of nitrogens with zero attached hydrogens (tertiary/aromatic N) is 2. The molecule has 0 radical (unpaired) electrons. The molecule has 0 aromatic rings. The molecule has 1 fully saturated rings. The minimum Gasteiger partial charge on any atom is -0.343 e. The van der Waals surface area contributed by atoms with E-state index in [4.69, 9.17) is 0 Å². The predicted octanol–water partition coefficient (Wildman–Crippen LogP) is -1.52. The Morgan fingerprint density at radius 1 is 1.24 bits per heavy atom. The fourth-order valence-electron chi connectivity index (χ4n) is 1.90. The van der Waals surface area contributed by atoms with Gasteiger partial charge >= 0.3 is 0 Å². The van der Waals surface area contributed by atoms with Crippen molar-refractivity contribution in [3.63, 3.8) is 0 Å². The third kappa shape index (κ3) is 4.32. The van der Waals surface area contributed by atoms with Gasteiger partial charge in [-0.1, -0.05) is 0 Å². The number of likely N-dealkylation sites (N-methyl/N-ethyl adjacent to an activating group) is 2. The topological polar surface area (TPSA) is 64.7 Å². The van der Waals surface area contributed by atoms with Crippen LogP contribution in [0.4, 0.5) is 0 Å². The van der Waals surface area contributed by atoms with E-state index in [9.17, 15) is 9.59 Å². The molecule has 2 amide bonds. The van der Waals surface area contributed by atoms with Gasteiger partial charge in [-0.25, -0.2) is 0 Å². The lowest BCUT2D eigenvalue weighted by atomic mass is 10.2. The first-order valence-electron chi connectivity index (χ1n) is 5.93. The maximum absolute atomic E-state index is 12.2. The minimum absolute atomic E-state index is 0.00245. The molecule has 0 aromatic carbocycles. The van der Waals surface area contributed by atoms with Crippen molar-refractivity contribution in [3.8, 4) is 0 Å². The van der Waals surface area contributed by atoms with Gasteiger partial charge in [0.2, 0.25) is 11.8 Å². The largest absolute Gasteiger partial charge is 0.343 e. The molecule has 1 heterocycles. The Hall–Kier alpha value is -1.14. The van der Waals surface area contributed by atoms with Crippen molar-refractivity contribution in [2.24, 2.45) is 0 Å². The average molecular weight is 242 g/mol. The SMILES string of the molecule is CNCC(NC(C)=O)C(=O)N1CCN(C)CC1. The zero-order valence-electron chi connectivity index (χ0n) is 10.8. The number of nitrogens with one attached hydrogen (secondary N) is 2. The van der Waals surface area contributed by atoms with Crippen molar-refractivity contribution in [2.75, 3.05) is 46.8 Å². The van der Waals surface area contributed by atoms with Crippen molar-refractivity contribution < 1.29 is 9.59 Å². The fourth-order valence-corrected chi connectivity index (χ4v) is 1.90. The molecule has 6 nitrogen and oxygen atoms in total. The van der Waals surface area contributed by atoms with Gasteiger partial charge in [0, 0.05) is 39.6 Å². The van der Waals surface area contributed by atoms with E-state index in [1.54, 1.807) is 7.05 Å². The zero-order valence-corrected chi connectivity index (χ0v) is 10.8. The second-order valence-electron chi connectivity index (χ2n) is 4.44. The molecule has 0 aliphatic carbocycles. The monoisotopic (exact) mass is 242 g/mol. The Bertz CT molecular complexity index is 275. The van der Waals surface area contributed by atoms with Crippen LogP contribution < -0.4 is 10.6 Å². The Kier molecular flexibility index (Phi) is 5.37. The van der Waals surface area contributed by atoms with Gasteiger partial charge in [0.15, 0.2) is 0 Å². The van der Waals surface area contributed by atoms with Crippen LogP contribution >= 0.6 is 0 Å². The summed E-state index contributed by atoms with van der Waals surface area (Å²) in [5.74, 6) is -0.171. The number of carbonyl (C=O) groups is 2. The Morgan fingerprint density at radius 2 is 1.82 bits per heavy atom. The predicted molar refractivity (Wildman–Crippen MR) is 65.6 cm³/mol. The molecule has 0 aromatic heterocycles. The van der Waals surface area contributed by atoms with Gasteiger partial charge in [-0.15, -0.1) is 0 Å². The van der Waals surface area contributed by atoms with Crippen molar-refractivity contribution in [1.29, 1.82) is 0 Å². The zero-order chi connectivity index (χ0) is 12.8. The molecule has 17 heavy (non-hydrogen) atoms. The highest BCUT2D eigenvalue weighted by Gasteiger charge is 2.26. The molecule has 0 saturated carbocycles. The van der Waals surface area contributed by atoms with Crippen LogP contribution in [0, 0.1) is 0 Å². The van der Waals surface area contributed by atoms with Crippen LogP contribution in [0.3, 0.4) is 0 Å². The standard InChI is InChI=1S/C11H22N4O2/c1-9(16)13-10(8-12-2)11(17)15-6-4-14(3)5-7-15/h10,12H,4-8H2,1-3H3,(H,13,16). The fraction of sp³-hybridized carbons (Fsp3) is 0.818. The normalized spacial score (nSPS) is 18.9. The van der Waals surface area contributed by atoms with E-state index in [0.717, 1.165) is 26.2 Å². The first kappa shape index (κ1) is 13.9. The number of hydrogen-bond donors (Lipinski definition) is 2. The van der Waals surface area contributed by atoms with E-state index in [-0.39, 0.29) is 11.8 Å². The number of hydrogen-bond acceptors (Lipinski definition) is 4. The van der Waals surface area contributed by atoms with Crippen LogP contribution in [0.15, 0.2) is 0 Å². The van der Waals surface area contributed by atoms with Crippen LogP contribution in [-0.2, 0) is 9.59 Å². The minimum atomic E-state index is -0.457. The number of amides is 2. The highest BCUT2D eigenvalue weighted by Crippen LogP contribution is 2.02. The number of piperazine rings is 1. The van der Waals surface area contributed by atoms with Gasteiger partial charge < -0.3 is 20.4 Å². The van der Waals surface area contributed by atoms with Crippen molar-refractivity contribution in [2.45, 2.75) is 13.0 Å². The second kappa shape index (κ2) is 6.56. The molecule has 6 heteroatoms. The summed E-state index contributed by atoms with van der Waals surface area (Å²) in [5, 5.41) is 5.61. The van der Waals surface area contributed by atoms with E-state index in [1.807, 2.05) is 11.9 Å². The van der Waals surface area contributed by atoms with Crippen LogP contribution in [0.2, 0.25) is 0 Å². The Labute approximate surface area is 102 Å². The first-order valence-corrected chi connectivity index (χ1v) is 5.93. The summed E-state index contributed by atoms with van der Waals surface area (Å²) >= 11 is 0. The van der Waals surface area contributed by atoms with Crippen LogP contribution in [-0.4, -0.2) is 74.5 Å². The molecular formula is C11H22N4O2. The van der Waals surface area contributed by atoms with Crippen LogP contribution in [0.5, 0.6) is 0 Å².